The van der Waals surface area contributed by atoms with Gasteiger partial charge in [0.05, 0.1) is 11.4 Å². The summed E-state index contributed by atoms with van der Waals surface area (Å²) < 4.78 is 1.17. The van der Waals surface area contributed by atoms with Crippen molar-refractivity contribution in [1.29, 1.82) is 0 Å². The van der Waals surface area contributed by atoms with E-state index in [0.717, 1.165) is 19.0 Å². The molecule has 1 saturated heterocycles. The third kappa shape index (κ3) is 2.64. The number of nitrogens with one attached hydrogen (secondary N) is 2. The van der Waals surface area contributed by atoms with E-state index in [-0.39, 0.29) is 0 Å². The van der Waals surface area contributed by atoms with Gasteiger partial charge in [-0.1, -0.05) is 15.9 Å². The first kappa shape index (κ1) is 12.3. The largest absolute Gasteiger partial charge is 0.382 e. The minimum absolute atomic E-state index is 0.844. The van der Waals surface area contributed by atoms with Gasteiger partial charge in [-0.25, -0.2) is 0 Å². The minimum Gasteiger partial charge on any atom is -0.382 e. The second-order valence-corrected chi connectivity index (χ2v) is 6.14. The Balaban J connectivity index is 1.75. The monoisotopic (exact) mass is 309 g/mol. The van der Waals surface area contributed by atoms with Gasteiger partial charge in [0, 0.05) is 24.1 Å². The molecule has 2 heterocycles. The summed E-state index contributed by atoms with van der Waals surface area (Å²) in [4.78, 5) is 2.55. The molecule has 0 unspecified atom stereocenters. The smallest absolute Gasteiger partial charge is 0.0614 e. The number of fused-ring (bicyclic) bond motifs is 1. The van der Waals surface area contributed by atoms with E-state index in [1.807, 2.05) is 0 Å². The van der Waals surface area contributed by atoms with Crippen LogP contribution < -0.4 is 15.5 Å². The van der Waals surface area contributed by atoms with Crippen LogP contribution in [0.15, 0.2) is 22.7 Å². The fourth-order valence-corrected chi connectivity index (χ4v) is 3.28. The van der Waals surface area contributed by atoms with Crippen LogP contribution >= 0.6 is 15.9 Å². The molecule has 0 aromatic heterocycles. The fraction of sp³-hybridized carbons (Fsp3) is 0.571. The molecule has 4 heteroatoms. The molecule has 3 rings (SSSR count). The summed E-state index contributed by atoms with van der Waals surface area (Å²) >= 11 is 3.58. The van der Waals surface area contributed by atoms with E-state index in [9.17, 15) is 0 Å². The van der Waals surface area contributed by atoms with Crippen molar-refractivity contribution in [1.82, 2.24) is 5.32 Å². The highest BCUT2D eigenvalue weighted by atomic mass is 79.9. The first-order chi connectivity index (χ1) is 8.83. The molecule has 18 heavy (non-hydrogen) atoms. The third-order valence-electron chi connectivity index (χ3n) is 3.93. The van der Waals surface area contributed by atoms with Gasteiger partial charge in [-0.3, -0.25) is 0 Å². The van der Waals surface area contributed by atoms with Gasteiger partial charge in [-0.2, -0.15) is 0 Å². The normalized spacial score (nSPS) is 20.4. The lowest BCUT2D eigenvalue weighted by atomic mass is 9.97. The van der Waals surface area contributed by atoms with Crippen molar-refractivity contribution in [2.45, 2.75) is 12.8 Å². The van der Waals surface area contributed by atoms with E-state index in [1.54, 1.807) is 0 Å². The van der Waals surface area contributed by atoms with Crippen LogP contribution in [-0.2, 0) is 0 Å². The predicted molar refractivity (Wildman–Crippen MR) is 80.4 cm³/mol. The molecule has 1 aromatic carbocycles. The molecule has 1 aromatic rings. The maximum atomic E-state index is 3.58. The number of rotatable bonds is 2. The standard InChI is InChI=1S/C14H20BrN3/c15-12-1-2-13-14(9-12)18(8-7-17-13)10-11-3-5-16-6-4-11/h1-2,9,11,16-17H,3-8,10H2. The maximum Gasteiger partial charge on any atom is 0.0614 e. The Bertz CT molecular complexity index is 416. The summed E-state index contributed by atoms with van der Waals surface area (Å²) in [6.45, 7) is 5.74. The van der Waals surface area contributed by atoms with Gasteiger partial charge in [0.15, 0.2) is 0 Å². The van der Waals surface area contributed by atoms with Crippen molar-refractivity contribution < 1.29 is 0 Å². The Morgan fingerprint density at radius 2 is 2.06 bits per heavy atom. The zero-order valence-corrected chi connectivity index (χ0v) is 12.2. The summed E-state index contributed by atoms with van der Waals surface area (Å²) in [5, 5.41) is 6.92. The molecule has 0 aliphatic carbocycles. The van der Waals surface area contributed by atoms with E-state index < -0.39 is 0 Å². The van der Waals surface area contributed by atoms with Gasteiger partial charge in [0.1, 0.15) is 0 Å². The van der Waals surface area contributed by atoms with Gasteiger partial charge >= 0.3 is 0 Å². The van der Waals surface area contributed by atoms with Crippen LogP contribution in [0.2, 0.25) is 0 Å². The van der Waals surface area contributed by atoms with Crippen LogP contribution in [0.4, 0.5) is 11.4 Å². The van der Waals surface area contributed by atoms with Gasteiger partial charge in [0.2, 0.25) is 0 Å². The Morgan fingerprint density at radius 1 is 1.22 bits per heavy atom. The van der Waals surface area contributed by atoms with Crippen molar-refractivity contribution in [2.24, 2.45) is 5.92 Å². The molecule has 0 radical (unpaired) electrons. The summed E-state index contributed by atoms with van der Waals surface area (Å²) in [5.74, 6) is 0.844. The van der Waals surface area contributed by atoms with Crippen molar-refractivity contribution in [3.05, 3.63) is 22.7 Å². The van der Waals surface area contributed by atoms with Gasteiger partial charge < -0.3 is 15.5 Å². The molecule has 0 bridgehead atoms. The lowest BCUT2D eigenvalue weighted by Gasteiger charge is -2.36. The Morgan fingerprint density at radius 3 is 2.89 bits per heavy atom. The summed E-state index contributed by atoms with van der Waals surface area (Å²) in [6.07, 6.45) is 2.63. The molecule has 3 nitrogen and oxygen atoms in total. The highest BCUT2D eigenvalue weighted by molar-refractivity contribution is 9.10. The lowest BCUT2D eigenvalue weighted by Crippen LogP contribution is -2.40. The van der Waals surface area contributed by atoms with E-state index in [0.29, 0.717) is 0 Å². The van der Waals surface area contributed by atoms with Crippen molar-refractivity contribution >= 4 is 27.3 Å². The van der Waals surface area contributed by atoms with Crippen LogP contribution in [0.3, 0.4) is 0 Å². The quantitative estimate of drug-likeness (QED) is 0.879. The Kier molecular flexibility index (Phi) is 3.75. The van der Waals surface area contributed by atoms with Crippen molar-refractivity contribution in [3.63, 3.8) is 0 Å². The van der Waals surface area contributed by atoms with Gasteiger partial charge in [-0.05, 0) is 50.0 Å². The zero-order valence-electron chi connectivity index (χ0n) is 10.6. The number of nitrogens with zero attached hydrogens (tertiary/aromatic N) is 1. The second kappa shape index (κ2) is 5.49. The van der Waals surface area contributed by atoms with Crippen LogP contribution in [0.25, 0.3) is 0 Å². The molecule has 1 fully saturated rings. The van der Waals surface area contributed by atoms with Crippen LogP contribution in [0.5, 0.6) is 0 Å². The van der Waals surface area contributed by atoms with Crippen LogP contribution in [-0.4, -0.2) is 32.7 Å². The molecular weight excluding hydrogens is 290 g/mol. The Hall–Kier alpha value is -0.740. The minimum atomic E-state index is 0.844. The highest BCUT2D eigenvalue weighted by Gasteiger charge is 2.21. The van der Waals surface area contributed by atoms with E-state index >= 15 is 0 Å². The molecule has 0 saturated carbocycles. The Labute approximate surface area is 117 Å². The topological polar surface area (TPSA) is 27.3 Å². The van der Waals surface area contributed by atoms with Crippen LogP contribution in [0, 0.1) is 5.92 Å². The number of piperidine rings is 1. The van der Waals surface area contributed by atoms with Crippen LogP contribution in [0.1, 0.15) is 12.8 Å². The molecule has 0 atom stereocenters. The average molecular weight is 310 g/mol. The first-order valence-corrected chi connectivity index (χ1v) is 7.61. The molecule has 98 valence electrons. The molecule has 2 aliphatic heterocycles. The lowest BCUT2D eigenvalue weighted by molar-refractivity contribution is 0.374. The number of anilines is 2. The number of halogens is 1. The number of benzene rings is 1. The average Bonchev–Trinajstić information content (AvgIpc) is 2.41. The number of hydrogen-bond donors (Lipinski definition) is 2. The molecule has 0 spiro atoms. The third-order valence-corrected chi connectivity index (χ3v) is 4.43. The van der Waals surface area contributed by atoms with Gasteiger partial charge in [-0.15, -0.1) is 0 Å². The summed E-state index contributed by atoms with van der Waals surface area (Å²) in [7, 11) is 0. The van der Waals surface area contributed by atoms with E-state index in [1.165, 1.54) is 48.3 Å². The predicted octanol–water partition coefficient (Wildman–Crippen LogP) is 2.68. The molecule has 2 N–H and O–H groups in total. The molecular formula is C14H20BrN3. The SMILES string of the molecule is Brc1ccc2c(c1)N(CC1CCNCC1)CCN2. The summed E-state index contributed by atoms with van der Waals surface area (Å²) in [6, 6.07) is 6.52. The number of hydrogen-bond acceptors (Lipinski definition) is 3. The van der Waals surface area contributed by atoms with E-state index in [2.05, 4.69) is 49.7 Å². The highest BCUT2D eigenvalue weighted by Crippen LogP contribution is 2.33. The van der Waals surface area contributed by atoms with Crippen molar-refractivity contribution in [3.8, 4) is 0 Å². The van der Waals surface area contributed by atoms with Crippen molar-refractivity contribution in [2.75, 3.05) is 42.9 Å². The zero-order chi connectivity index (χ0) is 12.4. The van der Waals surface area contributed by atoms with E-state index in [4.69, 9.17) is 0 Å². The molecule has 0 amide bonds. The van der Waals surface area contributed by atoms with Gasteiger partial charge in [0.25, 0.3) is 0 Å². The second-order valence-electron chi connectivity index (χ2n) is 5.23. The maximum absolute atomic E-state index is 3.58. The molecule has 2 aliphatic rings. The summed E-state index contributed by atoms with van der Waals surface area (Å²) in [5.41, 5.74) is 2.63. The first-order valence-electron chi connectivity index (χ1n) is 6.82. The fourth-order valence-electron chi connectivity index (χ4n) is 2.93.